The van der Waals surface area contributed by atoms with Crippen molar-refractivity contribution in [2.75, 3.05) is 25.1 Å². The van der Waals surface area contributed by atoms with Crippen molar-refractivity contribution in [2.24, 2.45) is 0 Å². The molecular weight excluding hydrogens is 416 g/mol. The fourth-order valence-corrected chi connectivity index (χ4v) is 3.89. The molecule has 1 saturated heterocycles. The van der Waals surface area contributed by atoms with Crippen molar-refractivity contribution in [2.45, 2.75) is 38.3 Å². The Morgan fingerprint density at radius 3 is 2.75 bits per heavy atom. The highest BCUT2D eigenvalue weighted by Gasteiger charge is 2.35. The number of amides is 1. The van der Waals surface area contributed by atoms with Gasteiger partial charge in [-0.3, -0.25) is 4.79 Å². The zero-order valence-electron chi connectivity index (χ0n) is 18.2. The first-order valence-electron chi connectivity index (χ1n) is 10.3. The normalized spacial score (nSPS) is 19.1. The summed E-state index contributed by atoms with van der Waals surface area (Å²) in [6.45, 7) is 4.71. The van der Waals surface area contributed by atoms with Crippen molar-refractivity contribution in [1.82, 2.24) is 14.9 Å². The zero-order chi connectivity index (χ0) is 23.3. The van der Waals surface area contributed by atoms with Gasteiger partial charge in [0.2, 0.25) is 11.8 Å². The number of allylic oxidation sites excluding steroid dienone is 1. The van der Waals surface area contributed by atoms with Crippen molar-refractivity contribution in [1.29, 1.82) is 5.26 Å². The second kappa shape index (κ2) is 9.73. The van der Waals surface area contributed by atoms with Gasteiger partial charge in [-0.25, -0.2) is 9.97 Å². The number of methoxy groups -OCH3 is 1. The Labute approximate surface area is 185 Å². The van der Waals surface area contributed by atoms with Crippen molar-refractivity contribution in [3.63, 3.8) is 0 Å². The van der Waals surface area contributed by atoms with Crippen LogP contribution in [0.1, 0.15) is 31.4 Å². The standard InChI is InChI=1S/C23H25F2N5O2/c1-4-18-15-29(14-16(2)30(18)20-8-7-17(12-26)13-28-20)21(31)9-10-23(24,25)19-6-5-11-27-22(19)32-3/h5-11,13,16,18H,4,14-15H2,1-3H3/b10-9+. The van der Waals surface area contributed by atoms with Crippen molar-refractivity contribution < 1.29 is 18.3 Å². The monoisotopic (exact) mass is 441 g/mol. The molecule has 0 N–H and O–H groups in total. The first kappa shape index (κ1) is 23.1. The number of ether oxygens (including phenoxy) is 1. The number of rotatable bonds is 6. The topological polar surface area (TPSA) is 82.4 Å². The van der Waals surface area contributed by atoms with Gasteiger partial charge in [-0.1, -0.05) is 6.92 Å². The zero-order valence-corrected chi connectivity index (χ0v) is 18.2. The predicted molar refractivity (Wildman–Crippen MR) is 115 cm³/mol. The van der Waals surface area contributed by atoms with Crippen LogP contribution in [0.3, 0.4) is 0 Å². The fourth-order valence-electron chi connectivity index (χ4n) is 3.89. The number of carbonyl (C=O) groups excluding carboxylic acids is 1. The van der Waals surface area contributed by atoms with Crippen LogP contribution >= 0.6 is 0 Å². The molecule has 1 aliphatic heterocycles. The van der Waals surface area contributed by atoms with Gasteiger partial charge in [0.05, 0.1) is 18.2 Å². The summed E-state index contributed by atoms with van der Waals surface area (Å²) in [5, 5.41) is 8.98. The van der Waals surface area contributed by atoms with Gasteiger partial charge in [-0.2, -0.15) is 14.0 Å². The molecule has 2 unspecified atom stereocenters. The number of hydrogen-bond acceptors (Lipinski definition) is 6. The minimum atomic E-state index is -3.40. The van der Waals surface area contributed by atoms with E-state index in [2.05, 4.69) is 14.9 Å². The van der Waals surface area contributed by atoms with E-state index < -0.39 is 17.4 Å². The number of aromatic nitrogens is 2. The Balaban J connectivity index is 1.75. The van der Waals surface area contributed by atoms with Crippen LogP contribution in [-0.4, -0.2) is 53.1 Å². The van der Waals surface area contributed by atoms with Crippen LogP contribution in [0.2, 0.25) is 0 Å². The molecule has 0 saturated carbocycles. The number of nitriles is 1. The molecular formula is C23H25F2N5O2. The van der Waals surface area contributed by atoms with E-state index in [4.69, 9.17) is 10.00 Å². The van der Waals surface area contributed by atoms with Crippen LogP contribution in [-0.2, 0) is 10.7 Å². The molecule has 0 spiro atoms. The lowest BCUT2D eigenvalue weighted by Gasteiger charge is -2.46. The smallest absolute Gasteiger partial charge is 0.297 e. The Hall–Kier alpha value is -3.54. The third kappa shape index (κ3) is 4.85. The van der Waals surface area contributed by atoms with E-state index in [1.54, 1.807) is 17.0 Å². The Morgan fingerprint density at radius 1 is 1.34 bits per heavy atom. The van der Waals surface area contributed by atoms with E-state index in [0.29, 0.717) is 24.7 Å². The average Bonchev–Trinajstić information content (AvgIpc) is 2.82. The van der Waals surface area contributed by atoms with Crippen LogP contribution in [0.25, 0.3) is 0 Å². The molecule has 2 aromatic rings. The Morgan fingerprint density at radius 2 is 2.12 bits per heavy atom. The van der Waals surface area contributed by atoms with E-state index in [9.17, 15) is 13.6 Å². The molecule has 2 aromatic heterocycles. The molecule has 0 radical (unpaired) electrons. The minimum absolute atomic E-state index is 0.0320. The predicted octanol–water partition coefficient (Wildman–Crippen LogP) is 3.52. The second-order valence-electron chi connectivity index (χ2n) is 7.59. The fraction of sp³-hybridized carbons (Fsp3) is 0.391. The highest BCUT2D eigenvalue weighted by Crippen LogP contribution is 2.35. The number of anilines is 1. The van der Waals surface area contributed by atoms with Gasteiger partial charge in [0, 0.05) is 43.6 Å². The first-order valence-corrected chi connectivity index (χ1v) is 10.3. The summed E-state index contributed by atoms with van der Waals surface area (Å²) in [6, 6.07) is 8.05. The molecule has 0 aromatic carbocycles. The van der Waals surface area contributed by atoms with Gasteiger partial charge in [-0.15, -0.1) is 0 Å². The van der Waals surface area contributed by atoms with E-state index in [0.717, 1.165) is 18.3 Å². The molecule has 168 valence electrons. The number of halogens is 2. The van der Waals surface area contributed by atoms with Crippen molar-refractivity contribution in [3.05, 3.63) is 59.9 Å². The number of carbonyl (C=O) groups is 1. The maximum atomic E-state index is 14.7. The first-order chi connectivity index (χ1) is 15.3. The summed E-state index contributed by atoms with van der Waals surface area (Å²) in [7, 11) is 1.27. The summed E-state index contributed by atoms with van der Waals surface area (Å²) in [4.78, 5) is 24.6. The summed E-state index contributed by atoms with van der Waals surface area (Å²) < 4.78 is 34.3. The van der Waals surface area contributed by atoms with E-state index in [-0.39, 0.29) is 18.0 Å². The number of piperazine rings is 1. The molecule has 3 heterocycles. The van der Waals surface area contributed by atoms with Crippen LogP contribution < -0.4 is 9.64 Å². The van der Waals surface area contributed by atoms with E-state index in [1.807, 2.05) is 19.9 Å². The van der Waals surface area contributed by atoms with Gasteiger partial charge >= 0.3 is 0 Å². The molecule has 9 heteroatoms. The maximum Gasteiger partial charge on any atom is 0.297 e. The van der Waals surface area contributed by atoms with Gasteiger partial charge in [0.1, 0.15) is 11.9 Å². The molecule has 0 aliphatic carbocycles. The number of pyridine rings is 2. The van der Waals surface area contributed by atoms with Crippen molar-refractivity contribution >= 4 is 11.7 Å². The quantitative estimate of drug-likeness (QED) is 0.638. The largest absolute Gasteiger partial charge is 0.481 e. The molecule has 2 atom stereocenters. The SMILES string of the molecule is CCC1CN(C(=O)/C=C/C(F)(F)c2cccnc2OC)CC(C)N1c1ccc(C#N)cn1. The van der Waals surface area contributed by atoms with Gasteiger partial charge < -0.3 is 14.5 Å². The second-order valence-corrected chi connectivity index (χ2v) is 7.59. The summed E-state index contributed by atoms with van der Waals surface area (Å²) in [6.07, 6.45) is 5.13. The number of alkyl halides is 2. The van der Waals surface area contributed by atoms with Crippen LogP contribution in [0.15, 0.2) is 48.8 Å². The molecule has 1 amide bonds. The highest BCUT2D eigenvalue weighted by molar-refractivity contribution is 5.88. The van der Waals surface area contributed by atoms with Gasteiger partial charge in [0.25, 0.3) is 5.92 Å². The average molecular weight is 441 g/mol. The van der Waals surface area contributed by atoms with Crippen molar-refractivity contribution in [3.8, 4) is 11.9 Å². The molecule has 7 nitrogen and oxygen atoms in total. The lowest BCUT2D eigenvalue weighted by Crippen LogP contribution is -2.59. The third-order valence-corrected chi connectivity index (χ3v) is 5.47. The summed E-state index contributed by atoms with van der Waals surface area (Å²) in [5.41, 5.74) is 0.0719. The maximum absolute atomic E-state index is 14.7. The van der Waals surface area contributed by atoms with Crippen LogP contribution in [0.5, 0.6) is 5.88 Å². The van der Waals surface area contributed by atoms with Gasteiger partial charge in [0.15, 0.2) is 0 Å². The summed E-state index contributed by atoms with van der Waals surface area (Å²) in [5.74, 6) is -3.34. The Kier molecular flexibility index (Phi) is 7.03. The molecule has 3 rings (SSSR count). The van der Waals surface area contributed by atoms with E-state index in [1.165, 1.54) is 31.6 Å². The van der Waals surface area contributed by atoms with Crippen LogP contribution in [0, 0.1) is 11.3 Å². The van der Waals surface area contributed by atoms with E-state index >= 15 is 0 Å². The lowest BCUT2D eigenvalue weighted by atomic mass is 10.0. The van der Waals surface area contributed by atoms with Gasteiger partial charge in [-0.05, 0) is 43.7 Å². The number of nitrogens with zero attached hydrogens (tertiary/aromatic N) is 5. The summed E-state index contributed by atoms with van der Waals surface area (Å²) >= 11 is 0. The van der Waals surface area contributed by atoms with Crippen LogP contribution in [0.4, 0.5) is 14.6 Å². The third-order valence-electron chi connectivity index (χ3n) is 5.47. The molecule has 1 fully saturated rings. The minimum Gasteiger partial charge on any atom is -0.481 e. The highest BCUT2D eigenvalue weighted by atomic mass is 19.3. The lowest BCUT2D eigenvalue weighted by molar-refractivity contribution is -0.127. The number of hydrogen-bond donors (Lipinski definition) is 0. The molecule has 0 bridgehead atoms. The molecule has 32 heavy (non-hydrogen) atoms. The molecule has 1 aliphatic rings. The Bertz CT molecular complexity index is 1020.